The van der Waals surface area contributed by atoms with Gasteiger partial charge in [0, 0.05) is 0 Å². The van der Waals surface area contributed by atoms with Crippen LogP contribution in [0.25, 0.3) is 6.08 Å². The van der Waals surface area contributed by atoms with Crippen LogP contribution >= 0.6 is 0 Å². The van der Waals surface area contributed by atoms with Crippen molar-refractivity contribution >= 4 is 6.08 Å². The molecule has 0 fully saturated rings. The Morgan fingerprint density at radius 1 is 1.58 bits per heavy atom. The highest BCUT2D eigenvalue weighted by molar-refractivity contribution is 5.42. The summed E-state index contributed by atoms with van der Waals surface area (Å²) in [5.74, 6) is 0. The van der Waals surface area contributed by atoms with Crippen LogP contribution in [0.2, 0.25) is 0 Å². The maximum atomic E-state index is 9.13. The van der Waals surface area contributed by atoms with Crippen molar-refractivity contribution < 1.29 is 14.6 Å². The molecule has 12 heavy (non-hydrogen) atoms. The smallest absolute Gasteiger partial charge is 0.181 e. The Morgan fingerprint density at radius 2 is 2.33 bits per heavy atom. The number of aromatic nitrogens is 1. The van der Waals surface area contributed by atoms with Crippen molar-refractivity contribution in [2.75, 3.05) is 0 Å². The number of rotatable bonds is 3. The summed E-state index contributed by atoms with van der Waals surface area (Å²) in [7, 11) is 0. The van der Waals surface area contributed by atoms with Gasteiger partial charge in [0.2, 0.25) is 0 Å². The van der Waals surface area contributed by atoms with E-state index in [0.29, 0.717) is 5.69 Å². The molecule has 0 saturated heterocycles. The molecular weight excluding hydrogens is 158 g/mol. The molecule has 0 saturated carbocycles. The highest BCUT2D eigenvalue weighted by atomic mass is 16.3. The largest absolute Gasteiger partial charge is 0.451 e. The van der Waals surface area contributed by atoms with Gasteiger partial charge in [0.1, 0.15) is 12.0 Å². The van der Waals surface area contributed by atoms with E-state index in [1.807, 2.05) is 0 Å². The molecule has 2 N–H and O–H groups in total. The Kier molecular flexibility index (Phi) is 3.01. The second-order valence-electron chi connectivity index (χ2n) is 2.50. The molecule has 1 aromatic heterocycles. The van der Waals surface area contributed by atoms with Crippen molar-refractivity contribution in [2.24, 2.45) is 0 Å². The lowest BCUT2D eigenvalue weighted by Crippen LogP contribution is -2.19. The van der Waals surface area contributed by atoms with Gasteiger partial charge < -0.3 is 14.6 Å². The summed E-state index contributed by atoms with van der Waals surface area (Å²) in [4.78, 5) is 3.80. The molecule has 0 unspecified atom stereocenters. The van der Waals surface area contributed by atoms with Gasteiger partial charge in [-0.2, -0.15) is 0 Å². The highest BCUT2D eigenvalue weighted by Crippen LogP contribution is 2.01. The van der Waals surface area contributed by atoms with Gasteiger partial charge in [-0.1, -0.05) is 6.08 Å². The van der Waals surface area contributed by atoms with Gasteiger partial charge in [-0.3, -0.25) is 0 Å². The first kappa shape index (κ1) is 8.96. The van der Waals surface area contributed by atoms with Crippen LogP contribution in [0.1, 0.15) is 12.6 Å². The molecule has 0 aliphatic rings. The highest BCUT2D eigenvalue weighted by Gasteiger charge is 2.05. The maximum absolute atomic E-state index is 9.13. The average Bonchev–Trinajstić information content (AvgIpc) is 2.51. The zero-order valence-electron chi connectivity index (χ0n) is 6.71. The third-order valence-electron chi connectivity index (χ3n) is 1.41. The van der Waals surface area contributed by atoms with Crippen molar-refractivity contribution in [3.05, 3.63) is 24.4 Å². The Labute approximate surface area is 70.2 Å². The minimum Gasteiger partial charge on any atom is -0.451 e. The SMILES string of the molecule is C[C@@H](O)[C@@H](O)/C=C\c1cocn1. The van der Waals surface area contributed by atoms with E-state index in [1.165, 1.54) is 25.7 Å². The number of nitrogens with zero attached hydrogens (tertiary/aromatic N) is 1. The van der Waals surface area contributed by atoms with Crippen LogP contribution in [-0.2, 0) is 0 Å². The molecule has 0 aromatic carbocycles. The molecule has 4 nitrogen and oxygen atoms in total. The van der Waals surface area contributed by atoms with E-state index in [1.54, 1.807) is 6.08 Å². The fourth-order valence-electron chi connectivity index (χ4n) is 0.662. The molecule has 1 heterocycles. The van der Waals surface area contributed by atoms with Crippen LogP contribution in [-0.4, -0.2) is 27.4 Å². The van der Waals surface area contributed by atoms with Gasteiger partial charge in [0.15, 0.2) is 6.39 Å². The summed E-state index contributed by atoms with van der Waals surface area (Å²) in [5.41, 5.74) is 0.620. The molecule has 1 rings (SSSR count). The fourth-order valence-corrected chi connectivity index (χ4v) is 0.662. The molecule has 66 valence electrons. The molecule has 0 radical (unpaired) electrons. The summed E-state index contributed by atoms with van der Waals surface area (Å²) >= 11 is 0. The second-order valence-corrected chi connectivity index (χ2v) is 2.50. The number of aliphatic hydroxyl groups excluding tert-OH is 2. The van der Waals surface area contributed by atoms with Gasteiger partial charge in [-0.25, -0.2) is 4.98 Å². The molecular formula is C8H11NO3. The van der Waals surface area contributed by atoms with E-state index >= 15 is 0 Å². The van der Waals surface area contributed by atoms with Crippen molar-refractivity contribution in [3.63, 3.8) is 0 Å². The summed E-state index contributed by atoms with van der Waals surface area (Å²) in [6.07, 6.45) is 4.16. The van der Waals surface area contributed by atoms with Crippen molar-refractivity contribution in [1.82, 2.24) is 4.98 Å². The van der Waals surface area contributed by atoms with Gasteiger partial charge in [-0.15, -0.1) is 0 Å². The third kappa shape index (κ3) is 2.48. The molecule has 4 heteroatoms. The lowest BCUT2D eigenvalue weighted by Gasteiger charge is -2.06. The van der Waals surface area contributed by atoms with Crippen molar-refractivity contribution in [3.8, 4) is 0 Å². The van der Waals surface area contributed by atoms with Crippen LogP contribution in [0.15, 0.2) is 23.1 Å². The van der Waals surface area contributed by atoms with E-state index in [0.717, 1.165) is 0 Å². The summed E-state index contributed by atoms with van der Waals surface area (Å²) in [6, 6.07) is 0. The van der Waals surface area contributed by atoms with Gasteiger partial charge in [0.25, 0.3) is 0 Å². The summed E-state index contributed by atoms with van der Waals surface area (Å²) in [5, 5.41) is 18.0. The maximum Gasteiger partial charge on any atom is 0.181 e. The van der Waals surface area contributed by atoms with Crippen LogP contribution in [0.5, 0.6) is 0 Å². The number of oxazole rings is 1. The average molecular weight is 169 g/mol. The molecule has 0 aliphatic heterocycles. The zero-order chi connectivity index (χ0) is 8.97. The molecule has 0 amide bonds. The second kappa shape index (κ2) is 4.04. The van der Waals surface area contributed by atoms with E-state index < -0.39 is 12.2 Å². The number of aliphatic hydroxyl groups is 2. The minimum atomic E-state index is -0.860. The van der Waals surface area contributed by atoms with Crippen molar-refractivity contribution in [1.29, 1.82) is 0 Å². The molecule has 0 bridgehead atoms. The molecule has 1 aromatic rings. The van der Waals surface area contributed by atoms with Gasteiger partial charge in [-0.05, 0) is 13.0 Å². The summed E-state index contributed by atoms with van der Waals surface area (Å²) < 4.78 is 4.70. The van der Waals surface area contributed by atoms with E-state index in [2.05, 4.69) is 4.98 Å². The topological polar surface area (TPSA) is 66.5 Å². The van der Waals surface area contributed by atoms with Crippen molar-refractivity contribution in [2.45, 2.75) is 19.1 Å². The first-order valence-corrected chi connectivity index (χ1v) is 3.62. The standard InChI is InChI=1S/C8H11NO3/c1-6(10)8(11)3-2-7-4-12-5-9-7/h2-6,8,10-11H,1H3/b3-2-/t6-,8+/m1/s1. The Hall–Kier alpha value is -1.13. The summed E-state index contributed by atoms with van der Waals surface area (Å²) in [6.45, 7) is 1.51. The molecule has 2 atom stereocenters. The number of hydrogen-bond donors (Lipinski definition) is 2. The first-order valence-electron chi connectivity index (χ1n) is 3.62. The van der Waals surface area contributed by atoms with Crippen LogP contribution in [0, 0.1) is 0 Å². The number of hydrogen-bond acceptors (Lipinski definition) is 4. The molecule has 0 spiro atoms. The Morgan fingerprint density at radius 3 is 2.83 bits per heavy atom. The van der Waals surface area contributed by atoms with Crippen LogP contribution < -0.4 is 0 Å². The normalized spacial score (nSPS) is 16.6. The lowest BCUT2D eigenvalue weighted by molar-refractivity contribution is 0.0624. The zero-order valence-corrected chi connectivity index (χ0v) is 6.71. The monoisotopic (exact) mass is 169 g/mol. The molecule has 0 aliphatic carbocycles. The lowest BCUT2D eigenvalue weighted by atomic mass is 10.2. The van der Waals surface area contributed by atoms with E-state index in [-0.39, 0.29) is 0 Å². The quantitative estimate of drug-likeness (QED) is 0.688. The van der Waals surface area contributed by atoms with E-state index in [9.17, 15) is 0 Å². The van der Waals surface area contributed by atoms with E-state index in [4.69, 9.17) is 14.6 Å². The fraction of sp³-hybridized carbons (Fsp3) is 0.375. The minimum absolute atomic E-state index is 0.620. The predicted molar refractivity (Wildman–Crippen MR) is 43.2 cm³/mol. The Balaban J connectivity index is 2.51. The van der Waals surface area contributed by atoms with Gasteiger partial charge in [0.05, 0.1) is 12.2 Å². The third-order valence-corrected chi connectivity index (χ3v) is 1.41. The first-order chi connectivity index (χ1) is 5.70. The van der Waals surface area contributed by atoms with Crippen LogP contribution in [0.4, 0.5) is 0 Å². The van der Waals surface area contributed by atoms with Crippen LogP contribution in [0.3, 0.4) is 0 Å². The predicted octanol–water partition coefficient (Wildman–Crippen LogP) is 0.429. The van der Waals surface area contributed by atoms with Gasteiger partial charge >= 0.3 is 0 Å². The Bertz CT molecular complexity index is 241.